The number of carbonyl (C=O) groups is 1. The first-order chi connectivity index (χ1) is 15.7. The molecule has 1 aromatic heterocycles. The molecule has 2 rings (SSSR count). The molecule has 0 spiro atoms. The molecule has 0 fully saturated rings. The number of methoxy groups -OCH3 is 1. The van der Waals surface area contributed by atoms with Crippen molar-refractivity contribution < 1.29 is 33.2 Å². The Morgan fingerprint density at radius 3 is 2.41 bits per heavy atom. The average Bonchev–Trinajstić information content (AvgIpc) is 2.79. The van der Waals surface area contributed by atoms with Crippen LogP contribution in [0.4, 0.5) is 0 Å². The summed E-state index contributed by atoms with van der Waals surface area (Å²) in [5.74, 6) is 0.148. The van der Waals surface area contributed by atoms with Crippen LogP contribution in [0, 0.1) is 0 Å². The molecule has 0 bridgehead atoms. The van der Waals surface area contributed by atoms with Crippen molar-refractivity contribution in [1.82, 2.24) is 4.98 Å². The Morgan fingerprint density at radius 2 is 1.69 bits per heavy atom. The van der Waals surface area contributed by atoms with Crippen LogP contribution in [-0.2, 0) is 28.5 Å². The number of allylic oxidation sites excluding steroid dienone is 2. The van der Waals surface area contributed by atoms with Gasteiger partial charge in [0.25, 0.3) is 0 Å². The zero-order valence-corrected chi connectivity index (χ0v) is 18.8. The minimum atomic E-state index is -0.380. The SMILES string of the molecule is COCCOCCOCCOCCOc1ncccc1C1=NC/C=C\C=C(\C)CC(=O)O1. The minimum Gasteiger partial charge on any atom is -0.475 e. The fourth-order valence-electron chi connectivity index (χ4n) is 2.58. The minimum absolute atomic E-state index is 0.189. The van der Waals surface area contributed by atoms with Crippen LogP contribution in [0.25, 0.3) is 0 Å². The van der Waals surface area contributed by atoms with Crippen molar-refractivity contribution in [2.24, 2.45) is 4.99 Å². The molecule has 1 aliphatic rings. The van der Waals surface area contributed by atoms with Crippen molar-refractivity contribution in [3.8, 4) is 5.88 Å². The lowest BCUT2D eigenvalue weighted by atomic mass is 10.2. The third kappa shape index (κ3) is 10.6. The summed E-state index contributed by atoms with van der Waals surface area (Å²) in [5.41, 5.74) is 1.43. The highest BCUT2D eigenvalue weighted by Crippen LogP contribution is 2.18. The van der Waals surface area contributed by atoms with Gasteiger partial charge in [-0.3, -0.25) is 4.79 Å². The van der Waals surface area contributed by atoms with Crippen molar-refractivity contribution in [3.63, 3.8) is 0 Å². The first-order valence-corrected chi connectivity index (χ1v) is 10.6. The zero-order valence-electron chi connectivity index (χ0n) is 18.8. The second-order valence-electron chi connectivity index (χ2n) is 6.77. The van der Waals surface area contributed by atoms with E-state index in [2.05, 4.69) is 9.98 Å². The van der Waals surface area contributed by atoms with Gasteiger partial charge >= 0.3 is 5.97 Å². The van der Waals surface area contributed by atoms with E-state index >= 15 is 0 Å². The molecule has 9 heteroatoms. The number of ether oxygens (including phenoxy) is 6. The number of esters is 1. The molecule has 0 saturated heterocycles. The molecule has 0 radical (unpaired) electrons. The van der Waals surface area contributed by atoms with Crippen LogP contribution in [0.15, 0.2) is 47.1 Å². The zero-order chi connectivity index (χ0) is 22.9. The quantitative estimate of drug-likeness (QED) is 0.316. The third-order valence-electron chi connectivity index (χ3n) is 4.13. The Bertz CT molecular complexity index is 777. The standard InChI is InChI=1S/C23H32N2O7/c1-19-6-3-4-8-25-23(32-21(26)18-19)20-7-5-9-24-22(20)31-17-16-30-15-14-29-13-12-28-11-10-27-2/h3-7,9H,8,10-18H2,1-2H3/b4-3-,19-6-,25-23?. The monoisotopic (exact) mass is 448 g/mol. The Morgan fingerprint density at radius 1 is 1.00 bits per heavy atom. The summed E-state index contributed by atoms with van der Waals surface area (Å²) >= 11 is 0. The Labute approximate surface area is 189 Å². The number of rotatable bonds is 14. The van der Waals surface area contributed by atoms with Gasteiger partial charge in [-0.1, -0.05) is 23.8 Å². The molecule has 1 aromatic rings. The third-order valence-corrected chi connectivity index (χ3v) is 4.13. The highest BCUT2D eigenvalue weighted by molar-refractivity contribution is 6.02. The van der Waals surface area contributed by atoms with Gasteiger partial charge in [0.2, 0.25) is 11.8 Å². The first kappa shape index (κ1) is 25.7. The van der Waals surface area contributed by atoms with Crippen LogP contribution in [0.3, 0.4) is 0 Å². The van der Waals surface area contributed by atoms with Crippen molar-refractivity contribution in [2.45, 2.75) is 13.3 Å². The smallest absolute Gasteiger partial charge is 0.316 e. The van der Waals surface area contributed by atoms with Gasteiger partial charge in [-0.25, -0.2) is 9.98 Å². The summed E-state index contributed by atoms with van der Waals surface area (Å²) in [5, 5.41) is 0. The summed E-state index contributed by atoms with van der Waals surface area (Å²) in [7, 11) is 1.63. The Balaban J connectivity index is 1.74. The van der Waals surface area contributed by atoms with Crippen LogP contribution >= 0.6 is 0 Å². The van der Waals surface area contributed by atoms with Crippen LogP contribution in [-0.4, -0.2) is 83.4 Å². The number of hydrogen-bond donors (Lipinski definition) is 0. The molecule has 1 aliphatic heterocycles. The summed E-state index contributed by atoms with van der Waals surface area (Å²) in [4.78, 5) is 20.8. The van der Waals surface area contributed by atoms with Gasteiger partial charge in [0.1, 0.15) is 6.61 Å². The Hall–Kier alpha value is -2.59. The molecule has 32 heavy (non-hydrogen) atoms. The number of aliphatic imine (C=N–C) groups is 1. The number of nitrogens with zero attached hydrogens (tertiary/aromatic N) is 2. The van der Waals surface area contributed by atoms with Gasteiger partial charge in [0, 0.05) is 13.3 Å². The number of hydrogen-bond acceptors (Lipinski definition) is 9. The molecule has 0 atom stereocenters. The molecule has 9 nitrogen and oxygen atoms in total. The van der Waals surface area contributed by atoms with E-state index in [1.807, 2.05) is 25.2 Å². The number of cyclic esters (lactones) is 1. The fraction of sp³-hybridized carbons (Fsp3) is 0.522. The van der Waals surface area contributed by atoms with Crippen molar-refractivity contribution in [1.29, 1.82) is 0 Å². The van der Waals surface area contributed by atoms with Gasteiger partial charge in [-0.2, -0.15) is 0 Å². The van der Waals surface area contributed by atoms with E-state index in [-0.39, 0.29) is 24.9 Å². The molecule has 176 valence electrons. The molecular weight excluding hydrogens is 416 g/mol. The maximum atomic E-state index is 12.2. The second kappa shape index (κ2) is 16.1. The second-order valence-corrected chi connectivity index (χ2v) is 6.77. The average molecular weight is 449 g/mol. The molecule has 0 amide bonds. The molecule has 0 aromatic carbocycles. The summed E-state index contributed by atoms with van der Waals surface area (Å²) in [6, 6.07) is 3.50. The van der Waals surface area contributed by atoms with Crippen LogP contribution < -0.4 is 4.74 Å². The first-order valence-electron chi connectivity index (χ1n) is 10.6. The topological polar surface area (TPSA) is 97.7 Å². The van der Waals surface area contributed by atoms with E-state index in [0.29, 0.717) is 64.2 Å². The van der Waals surface area contributed by atoms with E-state index in [4.69, 9.17) is 28.4 Å². The fourth-order valence-corrected chi connectivity index (χ4v) is 2.58. The molecular formula is C23H32N2O7. The Kier molecular flexibility index (Phi) is 12.9. The van der Waals surface area contributed by atoms with Gasteiger partial charge in [-0.05, 0) is 19.1 Å². The number of aromatic nitrogens is 1. The lowest BCUT2D eigenvalue weighted by molar-refractivity contribution is -0.134. The van der Waals surface area contributed by atoms with E-state index in [1.165, 1.54) is 0 Å². The van der Waals surface area contributed by atoms with Crippen molar-refractivity contribution in [2.75, 3.05) is 66.5 Å². The highest BCUT2D eigenvalue weighted by Gasteiger charge is 2.17. The molecule has 0 N–H and O–H groups in total. The largest absolute Gasteiger partial charge is 0.475 e. The summed E-state index contributed by atoms with van der Waals surface area (Å²) < 4.78 is 32.4. The van der Waals surface area contributed by atoms with Gasteiger partial charge < -0.3 is 28.4 Å². The molecule has 2 heterocycles. The predicted molar refractivity (Wildman–Crippen MR) is 119 cm³/mol. The normalized spacial score (nSPS) is 17.1. The van der Waals surface area contributed by atoms with Crippen LogP contribution in [0.1, 0.15) is 18.9 Å². The van der Waals surface area contributed by atoms with Crippen molar-refractivity contribution >= 4 is 11.9 Å². The summed E-state index contributed by atoms with van der Waals surface area (Å²) in [6.45, 7) is 5.98. The summed E-state index contributed by atoms with van der Waals surface area (Å²) in [6.07, 6.45) is 7.45. The van der Waals surface area contributed by atoms with Crippen LogP contribution in [0.5, 0.6) is 5.88 Å². The predicted octanol–water partition coefficient (Wildman–Crippen LogP) is 2.35. The number of carbonyl (C=O) groups excluding carboxylic acids is 1. The molecule has 0 aliphatic carbocycles. The van der Waals surface area contributed by atoms with Crippen LogP contribution in [0.2, 0.25) is 0 Å². The molecule has 0 saturated carbocycles. The maximum Gasteiger partial charge on any atom is 0.316 e. The van der Waals surface area contributed by atoms with Gasteiger partial charge in [-0.15, -0.1) is 0 Å². The van der Waals surface area contributed by atoms with E-state index in [1.54, 1.807) is 25.4 Å². The lowest BCUT2D eigenvalue weighted by Crippen LogP contribution is -2.18. The van der Waals surface area contributed by atoms with Gasteiger partial charge in [0.05, 0.1) is 64.8 Å². The van der Waals surface area contributed by atoms with E-state index in [9.17, 15) is 4.79 Å². The highest BCUT2D eigenvalue weighted by atomic mass is 16.6. The van der Waals surface area contributed by atoms with Gasteiger partial charge in [0.15, 0.2) is 0 Å². The lowest BCUT2D eigenvalue weighted by Gasteiger charge is -2.13. The van der Waals surface area contributed by atoms with E-state index in [0.717, 1.165) is 5.57 Å². The number of pyridine rings is 1. The van der Waals surface area contributed by atoms with Crippen molar-refractivity contribution in [3.05, 3.63) is 47.7 Å². The van der Waals surface area contributed by atoms with E-state index < -0.39 is 0 Å². The maximum absolute atomic E-state index is 12.2. The molecule has 0 unspecified atom stereocenters.